The maximum atomic E-state index is 13.6. The number of carbonyl (C=O) groups is 2. The average molecular weight is 362 g/mol. The first-order valence-electron chi connectivity index (χ1n) is 9.56. The second kappa shape index (κ2) is 5.95. The number of benzene rings is 2. The summed E-state index contributed by atoms with van der Waals surface area (Å²) in [6, 6.07) is 19.6. The van der Waals surface area contributed by atoms with Crippen LogP contribution in [-0.2, 0) is 9.59 Å². The van der Waals surface area contributed by atoms with Crippen molar-refractivity contribution in [1.29, 1.82) is 0 Å². The van der Waals surface area contributed by atoms with Gasteiger partial charge < -0.3 is 0 Å². The largest absolute Gasteiger partial charge is 0.299 e. The van der Waals surface area contributed by atoms with Crippen molar-refractivity contribution in [3.05, 3.63) is 60.7 Å². The quantitative estimate of drug-likeness (QED) is 0.806. The summed E-state index contributed by atoms with van der Waals surface area (Å²) in [6.45, 7) is 6.20. The predicted molar refractivity (Wildman–Crippen MR) is 106 cm³/mol. The van der Waals surface area contributed by atoms with E-state index in [1.165, 1.54) is 0 Å². The van der Waals surface area contributed by atoms with Gasteiger partial charge >= 0.3 is 0 Å². The summed E-state index contributed by atoms with van der Waals surface area (Å²) in [5.41, 5.74) is 3.50. The number of hydrazine groups is 1. The van der Waals surface area contributed by atoms with E-state index < -0.39 is 10.8 Å². The molecular weight excluding hydrogens is 336 g/mol. The van der Waals surface area contributed by atoms with Gasteiger partial charge in [-0.05, 0) is 42.5 Å². The van der Waals surface area contributed by atoms with Crippen LogP contribution < -0.4 is 10.4 Å². The van der Waals surface area contributed by atoms with E-state index in [4.69, 9.17) is 0 Å². The maximum Gasteiger partial charge on any atom is 0.246 e. The molecule has 2 fully saturated rings. The number of fused-ring (bicyclic) bond motifs is 2. The fourth-order valence-electron chi connectivity index (χ4n) is 5.00. The van der Waals surface area contributed by atoms with Gasteiger partial charge in [-0.3, -0.25) is 20.0 Å². The van der Waals surface area contributed by atoms with Crippen LogP contribution in [0.4, 0.5) is 11.4 Å². The predicted octanol–water partition coefficient (Wildman–Crippen LogP) is 4.64. The molecule has 0 aliphatic heterocycles. The molecule has 0 aromatic heterocycles. The van der Waals surface area contributed by atoms with E-state index in [0.29, 0.717) is 6.42 Å². The first-order chi connectivity index (χ1) is 12.8. The number of ketones is 1. The van der Waals surface area contributed by atoms with Crippen LogP contribution in [0.2, 0.25) is 0 Å². The van der Waals surface area contributed by atoms with Gasteiger partial charge in [-0.25, -0.2) is 0 Å². The zero-order chi connectivity index (χ0) is 19.3. The molecule has 0 heterocycles. The Balaban J connectivity index is 1.71. The third-order valence-electron chi connectivity index (χ3n) is 7.38. The van der Waals surface area contributed by atoms with Gasteiger partial charge in [0.1, 0.15) is 5.78 Å². The van der Waals surface area contributed by atoms with Crippen molar-refractivity contribution < 1.29 is 9.59 Å². The molecule has 2 aliphatic carbocycles. The number of nitrogens with zero attached hydrogens (tertiary/aromatic N) is 1. The van der Waals surface area contributed by atoms with Crippen LogP contribution in [0.1, 0.15) is 40.0 Å². The third-order valence-corrected chi connectivity index (χ3v) is 7.38. The molecule has 1 amide bonds. The summed E-state index contributed by atoms with van der Waals surface area (Å²) in [5.74, 6) is 0.162. The summed E-state index contributed by atoms with van der Waals surface area (Å²) in [6.07, 6.45) is 1.87. The van der Waals surface area contributed by atoms with E-state index in [1.54, 1.807) is 0 Å². The highest BCUT2D eigenvalue weighted by Crippen LogP contribution is 2.70. The summed E-state index contributed by atoms with van der Waals surface area (Å²) in [4.78, 5) is 26.3. The normalized spacial score (nSPS) is 28.2. The van der Waals surface area contributed by atoms with Crippen LogP contribution in [0.5, 0.6) is 0 Å². The minimum atomic E-state index is -0.652. The Morgan fingerprint density at radius 1 is 0.889 bits per heavy atom. The Morgan fingerprint density at radius 3 is 1.81 bits per heavy atom. The second-order valence-electron chi connectivity index (χ2n) is 8.59. The summed E-state index contributed by atoms with van der Waals surface area (Å²) < 4.78 is 0. The van der Waals surface area contributed by atoms with E-state index >= 15 is 0 Å². The lowest BCUT2D eigenvalue weighted by Gasteiger charge is -2.40. The molecule has 2 saturated carbocycles. The molecule has 4 rings (SSSR count). The first-order valence-corrected chi connectivity index (χ1v) is 9.56. The topological polar surface area (TPSA) is 49.4 Å². The smallest absolute Gasteiger partial charge is 0.246 e. The molecule has 27 heavy (non-hydrogen) atoms. The van der Waals surface area contributed by atoms with Gasteiger partial charge in [-0.1, -0.05) is 57.2 Å². The molecule has 2 aromatic rings. The van der Waals surface area contributed by atoms with Crippen molar-refractivity contribution >= 4 is 23.1 Å². The Labute approximate surface area is 160 Å². The summed E-state index contributed by atoms with van der Waals surface area (Å²) in [7, 11) is 0. The van der Waals surface area contributed by atoms with Gasteiger partial charge in [0, 0.05) is 11.8 Å². The van der Waals surface area contributed by atoms with Gasteiger partial charge in [-0.2, -0.15) is 0 Å². The highest BCUT2D eigenvalue weighted by Gasteiger charge is 2.72. The van der Waals surface area contributed by atoms with Gasteiger partial charge in [0.25, 0.3) is 0 Å². The lowest BCUT2D eigenvalue weighted by molar-refractivity contribution is -0.136. The van der Waals surface area contributed by atoms with Crippen LogP contribution in [0, 0.1) is 16.2 Å². The van der Waals surface area contributed by atoms with E-state index in [0.717, 1.165) is 24.2 Å². The van der Waals surface area contributed by atoms with E-state index in [9.17, 15) is 9.59 Å². The maximum absolute atomic E-state index is 13.6. The molecule has 1 N–H and O–H groups in total. The molecule has 4 heteroatoms. The average Bonchev–Trinajstić information content (AvgIpc) is 2.97. The van der Waals surface area contributed by atoms with Crippen LogP contribution >= 0.6 is 0 Å². The number of para-hydroxylation sites is 2. The van der Waals surface area contributed by atoms with Crippen LogP contribution in [-0.4, -0.2) is 11.7 Å². The summed E-state index contributed by atoms with van der Waals surface area (Å²) in [5, 5.41) is 1.83. The zero-order valence-electron chi connectivity index (χ0n) is 16.2. The SMILES string of the molecule is CC12CCC(C(=O)NN(c3ccccc3)c3ccccc3)(CC1=O)C2(C)C. The molecule has 0 saturated heterocycles. The van der Waals surface area contributed by atoms with Crippen LogP contribution in [0.3, 0.4) is 0 Å². The van der Waals surface area contributed by atoms with Crippen LogP contribution in [0.15, 0.2) is 60.7 Å². The standard InChI is InChI=1S/C23H26N2O2/c1-21(2)22(3)14-15-23(21,16-19(22)26)20(27)24-25(17-10-6-4-7-11-17)18-12-8-5-9-13-18/h4-13H,14-16H2,1-3H3,(H,24,27). The number of rotatable bonds is 4. The third kappa shape index (κ3) is 2.35. The van der Waals surface area contributed by atoms with Crippen molar-refractivity contribution in [1.82, 2.24) is 5.43 Å². The Hall–Kier alpha value is -2.62. The minimum absolute atomic E-state index is 0.0604. The van der Waals surface area contributed by atoms with Gasteiger partial charge in [-0.15, -0.1) is 0 Å². The Morgan fingerprint density at radius 2 is 1.41 bits per heavy atom. The van der Waals surface area contributed by atoms with Crippen molar-refractivity contribution in [2.24, 2.45) is 16.2 Å². The highest BCUT2D eigenvalue weighted by molar-refractivity contribution is 6.00. The number of Topliss-reactive ketones (excluding diaryl/α,β-unsaturated/α-hetero) is 1. The molecule has 2 aliphatic rings. The van der Waals surface area contributed by atoms with Crippen molar-refractivity contribution in [3.8, 4) is 0 Å². The van der Waals surface area contributed by atoms with Gasteiger partial charge in [0.05, 0.1) is 16.8 Å². The number of carbonyl (C=O) groups excluding carboxylic acids is 2. The van der Waals surface area contributed by atoms with Crippen molar-refractivity contribution in [3.63, 3.8) is 0 Å². The van der Waals surface area contributed by atoms with E-state index in [2.05, 4.69) is 19.3 Å². The molecule has 140 valence electrons. The van der Waals surface area contributed by atoms with E-state index in [1.807, 2.05) is 72.6 Å². The monoisotopic (exact) mass is 362 g/mol. The van der Waals surface area contributed by atoms with Gasteiger partial charge in [0.2, 0.25) is 5.91 Å². The molecule has 2 aromatic carbocycles. The molecule has 2 bridgehead atoms. The molecule has 2 atom stereocenters. The highest BCUT2D eigenvalue weighted by atomic mass is 16.2. The number of amides is 1. The molecule has 0 spiro atoms. The Kier molecular flexibility index (Phi) is 3.91. The zero-order valence-corrected chi connectivity index (χ0v) is 16.2. The molecular formula is C23H26N2O2. The van der Waals surface area contributed by atoms with Crippen molar-refractivity contribution in [2.45, 2.75) is 40.0 Å². The van der Waals surface area contributed by atoms with E-state index in [-0.39, 0.29) is 17.1 Å². The number of hydrogen-bond acceptors (Lipinski definition) is 3. The Bertz CT molecular complexity index is 838. The molecule has 2 unspecified atom stereocenters. The summed E-state index contributed by atoms with van der Waals surface area (Å²) >= 11 is 0. The lowest BCUT2D eigenvalue weighted by Crippen LogP contribution is -2.51. The fourth-order valence-corrected chi connectivity index (χ4v) is 5.00. The molecule has 4 nitrogen and oxygen atoms in total. The minimum Gasteiger partial charge on any atom is -0.299 e. The number of anilines is 2. The fraction of sp³-hybridized carbons (Fsp3) is 0.391. The number of nitrogens with one attached hydrogen (secondary N) is 1. The van der Waals surface area contributed by atoms with Crippen LogP contribution in [0.25, 0.3) is 0 Å². The number of hydrogen-bond donors (Lipinski definition) is 1. The second-order valence-corrected chi connectivity index (χ2v) is 8.59. The van der Waals surface area contributed by atoms with Gasteiger partial charge in [0.15, 0.2) is 0 Å². The molecule has 0 radical (unpaired) electrons. The lowest BCUT2D eigenvalue weighted by atomic mass is 9.64. The first kappa shape index (κ1) is 17.8. The van der Waals surface area contributed by atoms with Crippen molar-refractivity contribution in [2.75, 3.05) is 5.01 Å².